The number of hydrogen-bond donors (Lipinski definition) is 1. The van der Waals surface area contributed by atoms with E-state index in [1.165, 1.54) is 35.1 Å². The zero-order valence-electron chi connectivity index (χ0n) is 18.1. The van der Waals surface area contributed by atoms with Gasteiger partial charge < -0.3 is 5.11 Å². The summed E-state index contributed by atoms with van der Waals surface area (Å²) in [6.07, 6.45) is 7.94. The van der Waals surface area contributed by atoms with E-state index in [9.17, 15) is 4.79 Å². The molecular weight excluding hydrogens is 346 g/mol. The molecule has 0 saturated heterocycles. The Morgan fingerprint density at radius 2 is 1.54 bits per heavy atom. The summed E-state index contributed by atoms with van der Waals surface area (Å²) in [7, 11) is 0. The molecule has 0 amide bonds. The van der Waals surface area contributed by atoms with E-state index >= 15 is 0 Å². The molecule has 1 saturated carbocycles. The number of nitrogens with zero attached hydrogens (tertiary/aromatic N) is 1. The molecule has 0 atom stereocenters. The Morgan fingerprint density at radius 1 is 1.00 bits per heavy atom. The molecule has 0 unspecified atom stereocenters. The van der Waals surface area contributed by atoms with Crippen LogP contribution in [0.4, 0.5) is 0 Å². The first-order chi connectivity index (χ1) is 12.9. The van der Waals surface area contributed by atoms with Gasteiger partial charge in [-0.05, 0) is 85.4 Å². The smallest absolute Gasteiger partial charge is 0.331 e. The minimum atomic E-state index is -0.904. The largest absolute Gasteiger partial charge is 0.478 e. The predicted octanol–water partition coefficient (Wildman–Crippen LogP) is 5.99. The second-order valence-electron chi connectivity index (χ2n) is 9.93. The first-order valence-corrected chi connectivity index (χ1v) is 10.2. The van der Waals surface area contributed by atoms with Gasteiger partial charge in [0.15, 0.2) is 0 Å². The van der Waals surface area contributed by atoms with Gasteiger partial charge in [-0.2, -0.15) is 0 Å². The van der Waals surface area contributed by atoms with Gasteiger partial charge in [-0.3, -0.25) is 4.99 Å². The van der Waals surface area contributed by atoms with Gasteiger partial charge in [-0.1, -0.05) is 45.9 Å². The van der Waals surface area contributed by atoms with Gasteiger partial charge in [0.05, 0.1) is 5.70 Å². The molecule has 0 bridgehead atoms. The van der Waals surface area contributed by atoms with Crippen molar-refractivity contribution < 1.29 is 9.90 Å². The van der Waals surface area contributed by atoms with E-state index in [-0.39, 0.29) is 16.2 Å². The molecule has 0 aliphatic heterocycles. The third kappa shape index (κ3) is 3.36. The number of aliphatic carboxylic acids is 1. The molecule has 0 heterocycles. The molecule has 1 N–H and O–H groups in total. The number of carboxylic acid groups (broad SMARTS) is 1. The van der Waals surface area contributed by atoms with Gasteiger partial charge in [-0.15, -0.1) is 0 Å². The fourth-order valence-electron chi connectivity index (χ4n) is 4.66. The number of aryl methyl sites for hydroxylation is 1. The summed E-state index contributed by atoms with van der Waals surface area (Å²) < 4.78 is 0. The second kappa shape index (κ2) is 6.72. The van der Waals surface area contributed by atoms with Crippen molar-refractivity contribution in [3.05, 3.63) is 57.8 Å². The summed E-state index contributed by atoms with van der Waals surface area (Å²) in [6, 6.07) is 4.82. The average Bonchev–Trinajstić information content (AvgIpc) is 3.40. The molecule has 2 aliphatic rings. The van der Waals surface area contributed by atoms with Gasteiger partial charge >= 0.3 is 5.97 Å². The molecule has 1 aromatic carbocycles. The summed E-state index contributed by atoms with van der Waals surface area (Å²) in [6.45, 7) is 17.0. The van der Waals surface area contributed by atoms with Crippen molar-refractivity contribution in [2.45, 2.75) is 83.5 Å². The zero-order valence-corrected chi connectivity index (χ0v) is 18.1. The number of benzene rings is 1. The summed E-state index contributed by atoms with van der Waals surface area (Å²) >= 11 is 0. The molecule has 150 valence electrons. The topological polar surface area (TPSA) is 49.7 Å². The van der Waals surface area contributed by atoms with Crippen LogP contribution >= 0.6 is 0 Å². The lowest BCUT2D eigenvalue weighted by atomic mass is 9.62. The molecule has 1 aromatic rings. The van der Waals surface area contributed by atoms with E-state index in [4.69, 9.17) is 5.11 Å². The minimum Gasteiger partial charge on any atom is -0.478 e. The van der Waals surface area contributed by atoms with E-state index in [1.54, 1.807) is 13.0 Å². The second-order valence-corrected chi connectivity index (χ2v) is 9.93. The maximum absolute atomic E-state index is 11.1. The van der Waals surface area contributed by atoms with Gasteiger partial charge in [0.25, 0.3) is 0 Å². The van der Waals surface area contributed by atoms with Crippen molar-refractivity contribution >= 4 is 12.7 Å². The first kappa shape index (κ1) is 20.6. The summed E-state index contributed by atoms with van der Waals surface area (Å²) in [5.41, 5.74) is 6.97. The van der Waals surface area contributed by atoms with Crippen molar-refractivity contribution in [3.8, 4) is 0 Å². The Kier molecular flexibility index (Phi) is 4.94. The van der Waals surface area contributed by atoms with Crippen molar-refractivity contribution in [1.82, 2.24) is 0 Å². The standard InChI is InChI=1S/C25H33NO2/c1-16(22(27)28)8-9-21(26-7)25(12-13-25)18-15-20-19(14-17(18)2)23(3,4)10-11-24(20,5)6/h8-9,14-15H,7,10-13H2,1-6H3,(H,27,28)/b16-8+,21-9-. The van der Waals surface area contributed by atoms with Crippen LogP contribution < -0.4 is 0 Å². The number of aliphatic imine (C=N–C) groups is 1. The van der Waals surface area contributed by atoms with Crippen molar-refractivity contribution in [2.75, 3.05) is 0 Å². The van der Waals surface area contributed by atoms with Crippen LogP contribution in [0.2, 0.25) is 0 Å². The van der Waals surface area contributed by atoms with Crippen LogP contribution in [0.3, 0.4) is 0 Å². The number of hydrogen-bond acceptors (Lipinski definition) is 2. The Bertz CT molecular complexity index is 895. The number of rotatable bonds is 5. The summed E-state index contributed by atoms with van der Waals surface area (Å²) in [5, 5.41) is 9.14. The number of carbonyl (C=O) groups is 1. The van der Waals surface area contributed by atoms with Crippen LogP contribution in [0.1, 0.15) is 82.6 Å². The number of fused-ring (bicyclic) bond motifs is 1. The summed E-state index contributed by atoms with van der Waals surface area (Å²) in [4.78, 5) is 15.5. The van der Waals surface area contributed by atoms with E-state index in [0.717, 1.165) is 18.5 Å². The average molecular weight is 380 g/mol. The van der Waals surface area contributed by atoms with Crippen LogP contribution in [-0.2, 0) is 21.0 Å². The quantitative estimate of drug-likeness (QED) is 0.388. The third-order valence-corrected chi connectivity index (χ3v) is 6.95. The van der Waals surface area contributed by atoms with Crippen LogP contribution in [0.25, 0.3) is 0 Å². The maximum atomic E-state index is 11.1. The lowest BCUT2D eigenvalue weighted by Crippen LogP contribution is -2.34. The molecule has 3 rings (SSSR count). The molecule has 3 nitrogen and oxygen atoms in total. The van der Waals surface area contributed by atoms with Crippen LogP contribution in [0.5, 0.6) is 0 Å². The molecular formula is C25H33NO2. The molecule has 0 radical (unpaired) electrons. The number of carboxylic acids is 1. The van der Waals surface area contributed by atoms with Gasteiger partial charge in [0.2, 0.25) is 0 Å². The Balaban J connectivity index is 2.14. The Hall–Kier alpha value is -2.16. The number of allylic oxidation sites excluding steroid dienone is 3. The highest BCUT2D eigenvalue weighted by Gasteiger charge is 2.49. The monoisotopic (exact) mass is 379 g/mol. The van der Waals surface area contributed by atoms with Crippen molar-refractivity contribution in [2.24, 2.45) is 4.99 Å². The van der Waals surface area contributed by atoms with Crippen LogP contribution in [-0.4, -0.2) is 17.8 Å². The molecule has 2 aliphatic carbocycles. The van der Waals surface area contributed by atoms with Gasteiger partial charge in [0.1, 0.15) is 0 Å². The van der Waals surface area contributed by atoms with Crippen molar-refractivity contribution in [1.29, 1.82) is 0 Å². The first-order valence-electron chi connectivity index (χ1n) is 10.2. The van der Waals surface area contributed by atoms with E-state index in [1.807, 2.05) is 6.08 Å². The van der Waals surface area contributed by atoms with Crippen LogP contribution in [0.15, 0.2) is 40.5 Å². The van der Waals surface area contributed by atoms with E-state index in [0.29, 0.717) is 5.57 Å². The maximum Gasteiger partial charge on any atom is 0.331 e. The predicted molar refractivity (Wildman–Crippen MR) is 116 cm³/mol. The lowest BCUT2D eigenvalue weighted by molar-refractivity contribution is -0.132. The van der Waals surface area contributed by atoms with Crippen LogP contribution in [0, 0.1) is 6.92 Å². The Morgan fingerprint density at radius 3 is 2.00 bits per heavy atom. The highest BCUT2D eigenvalue weighted by atomic mass is 16.4. The summed E-state index contributed by atoms with van der Waals surface area (Å²) in [5.74, 6) is -0.904. The van der Waals surface area contributed by atoms with Gasteiger partial charge in [-0.25, -0.2) is 4.79 Å². The Labute approximate surface area is 169 Å². The lowest BCUT2D eigenvalue weighted by Gasteiger charge is -2.43. The van der Waals surface area contributed by atoms with E-state index in [2.05, 4.69) is 58.5 Å². The molecule has 0 aromatic heterocycles. The molecule has 0 spiro atoms. The zero-order chi connectivity index (χ0) is 20.9. The normalized spacial score (nSPS) is 22.4. The molecule has 28 heavy (non-hydrogen) atoms. The SMILES string of the molecule is C=N/C(=C\C=C(/C)C(=O)O)C1(c2cc3c(cc2C)C(C)(C)CCC3(C)C)CC1. The highest BCUT2D eigenvalue weighted by Crippen LogP contribution is 2.57. The van der Waals surface area contributed by atoms with Gasteiger partial charge in [0, 0.05) is 11.0 Å². The van der Waals surface area contributed by atoms with E-state index < -0.39 is 5.97 Å². The highest BCUT2D eigenvalue weighted by molar-refractivity contribution is 5.86. The molecule has 3 heteroatoms. The third-order valence-electron chi connectivity index (χ3n) is 6.95. The fraction of sp³-hybridized carbons (Fsp3) is 0.520. The minimum absolute atomic E-state index is 0.131. The fourth-order valence-corrected chi connectivity index (χ4v) is 4.66. The van der Waals surface area contributed by atoms with Crippen molar-refractivity contribution in [3.63, 3.8) is 0 Å². The molecule has 1 fully saturated rings.